The summed E-state index contributed by atoms with van der Waals surface area (Å²) in [4.78, 5) is 28.1. The number of aryl methyl sites for hydroxylation is 1. The molecule has 1 N–H and O–H groups in total. The van der Waals surface area contributed by atoms with E-state index in [2.05, 4.69) is 11.6 Å². The van der Waals surface area contributed by atoms with Crippen molar-refractivity contribution in [2.45, 2.75) is 12.8 Å². The second kappa shape index (κ2) is 5.18. The summed E-state index contributed by atoms with van der Waals surface area (Å²) in [7, 11) is 0. The van der Waals surface area contributed by atoms with Gasteiger partial charge in [0.2, 0.25) is 5.01 Å². The van der Waals surface area contributed by atoms with Gasteiger partial charge >= 0.3 is 12.1 Å². The smallest absolute Gasteiger partial charge is 0.415 e. The largest absolute Gasteiger partial charge is 0.476 e. The van der Waals surface area contributed by atoms with Gasteiger partial charge in [-0.2, -0.15) is 0 Å². The third-order valence-corrected chi connectivity index (χ3v) is 3.55. The van der Waals surface area contributed by atoms with Crippen LogP contribution in [0.5, 0.6) is 0 Å². The second-order valence-corrected chi connectivity index (χ2v) is 4.67. The minimum Gasteiger partial charge on any atom is -0.476 e. The Morgan fingerprint density at radius 2 is 2.39 bits per heavy atom. The van der Waals surface area contributed by atoms with Crippen molar-refractivity contribution < 1.29 is 19.4 Å². The highest BCUT2D eigenvalue weighted by molar-refractivity contribution is 7.17. The van der Waals surface area contributed by atoms with E-state index < -0.39 is 12.1 Å². The quantitative estimate of drug-likeness (QED) is 0.847. The molecule has 7 heteroatoms. The van der Waals surface area contributed by atoms with Crippen LogP contribution in [0.15, 0.2) is 12.7 Å². The Kier molecular flexibility index (Phi) is 3.61. The molecule has 0 saturated heterocycles. The van der Waals surface area contributed by atoms with Crippen LogP contribution in [0.1, 0.15) is 21.9 Å². The Morgan fingerprint density at radius 1 is 1.61 bits per heavy atom. The number of anilines is 1. The van der Waals surface area contributed by atoms with Gasteiger partial charge in [-0.25, -0.2) is 14.6 Å². The fourth-order valence-corrected chi connectivity index (χ4v) is 2.67. The van der Waals surface area contributed by atoms with Crippen molar-refractivity contribution in [3.63, 3.8) is 0 Å². The Labute approximate surface area is 108 Å². The molecule has 0 spiro atoms. The molecule has 1 aromatic heterocycles. The number of hydrogen-bond acceptors (Lipinski definition) is 5. The lowest BCUT2D eigenvalue weighted by molar-refractivity contribution is 0.0696. The molecule has 0 unspecified atom stereocenters. The third kappa shape index (κ3) is 2.35. The summed E-state index contributed by atoms with van der Waals surface area (Å²) < 4.78 is 4.96. The lowest BCUT2D eigenvalue weighted by atomic mass is 10.2. The van der Waals surface area contributed by atoms with Crippen LogP contribution in [0.4, 0.5) is 9.80 Å². The van der Waals surface area contributed by atoms with Crippen LogP contribution in [0.25, 0.3) is 0 Å². The standard InChI is InChI=1S/C11H12N2O4S/c1-2-6-17-11(16)13-5-3-4-7-9(13)18-8(12-7)10(14)15/h2H,1,3-6H2,(H,14,15). The molecule has 0 bridgehead atoms. The van der Waals surface area contributed by atoms with E-state index in [4.69, 9.17) is 9.84 Å². The average Bonchev–Trinajstić information content (AvgIpc) is 2.79. The number of ether oxygens (including phenoxy) is 1. The van der Waals surface area contributed by atoms with E-state index >= 15 is 0 Å². The molecule has 1 amide bonds. The molecular formula is C11H12N2O4S. The van der Waals surface area contributed by atoms with Crippen LogP contribution in [-0.4, -0.2) is 35.3 Å². The van der Waals surface area contributed by atoms with E-state index in [0.717, 1.165) is 17.8 Å². The molecule has 2 rings (SSSR count). The maximum atomic E-state index is 11.8. The van der Waals surface area contributed by atoms with Gasteiger partial charge in [0.05, 0.1) is 5.69 Å². The van der Waals surface area contributed by atoms with Gasteiger partial charge in [0.15, 0.2) is 0 Å². The summed E-state index contributed by atoms with van der Waals surface area (Å²) in [5, 5.41) is 9.48. The SMILES string of the molecule is C=CCOC(=O)N1CCCc2nc(C(=O)O)sc21. The minimum atomic E-state index is -1.08. The highest BCUT2D eigenvalue weighted by Gasteiger charge is 2.28. The summed E-state index contributed by atoms with van der Waals surface area (Å²) >= 11 is 1.00. The maximum absolute atomic E-state index is 11.8. The summed E-state index contributed by atoms with van der Waals surface area (Å²) in [6, 6.07) is 0. The molecule has 18 heavy (non-hydrogen) atoms. The number of carbonyl (C=O) groups excluding carboxylic acids is 1. The van der Waals surface area contributed by atoms with Crippen molar-refractivity contribution in [3.05, 3.63) is 23.4 Å². The molecule has 0 aliphatic carbocycles. The van der Waals surface area contributed by atoms with Crippen molar-refractivity contribution >= 4 is 28.4 Å². The Bertz CT molecular complexity index is 497. The summed E-state index contributed by atoms with van der Waals surface area (Å²) in [5.74, 6) is -1.08. The number of rotatable bonds is 3. The second-order valence-electron chi connectivity index (χ2n) is 3.70. The zero-order valence-corrected chi connectivity index (χ0v) is 10.4. The number of aromatic carboxylic acids is 1. The minimum absolute atomic E-state index is 0.00317. The number of hydrogen-bond donors (Lipinski definition) is 1. The van der Waals surface area contributed by atoms with E-state index in [1.807, 2.05) is 0 Å². The topological polar surface area (TPSA) is 79.7 Å². The molecule has 0 aromatic carbocycles. The van der Waals surface area contributed by atoms with Crippen LogP contribution < -0.4 is 4.90 Å². The first kappa shape index (κ1) is 12.6. The summed E-state index contributed by atoms with van der Waals surface area (Å²) in [6.45, 7) is 4.12. The first-order valence-electron chi connectivity index (χ1n) is 5.41. The Balaban J connectivity index is 2.24. The number of thiazole rings is 1. The van der Waals surface area contributed by atoms with Gasteiger partial charge in [0, 0.05) is 6.54 Å². The number of nitrogens with zero attached hydrogens (tertiary/aromatic N) is 2. The van der Waals surface area contributed by atoms with Gasteiger partial charge in [-0.05, 0) is 12.8 Å². The number of carboxylic acids is 1. The average molecular weight is 268 g/mol. The molecule has 1 aliphatic heterocycles. The summed E-state index contributed by atoms with van der Waals surface area (Å²) in [5.41, 5.74) is 0.652. The summed E-state index contributed by atoms with van der Waals surface area (Å²) in [6.07, 6.45) is 2.43. The van der Waals surface area contributed by atoms with Gasteiger partial charge in [-0.1, -0.05) is 24.0 Å². The molecule has 0 atom stereocenters. The van der Waals surface area contributed by atoms with E-state index in [-0.39, 0.29) is 11.6 Å². The van der Waals surface area contributed by atoms with Gasteiger partial charge < -0.3 is 9.84 Å². The van der Waals surface area contributed by atoms with Gasteiger partial charge in [0.25, 0.3) is 0 Å². The Morgan fingerprint density at radius 3 is 3.06 bits per heavy atom. The monoisotopic (exact) mass is 268 g/mol. The van der Waals surface area contributed by atoms with Gasteiger partial charge in [0.1, 0.15) is 11.6 Å². The van der Waals surface area contributed by atoms with Crippen LogP contribution in [0.3, 0.4) is 0 Å². The van der Waals surface area contributed by atoms with Crippen molar-refractivity contribution in [1.29, 1.82) is 0 Å². The predicted octanol–water partition coefficient (Wildman–Crippen LogP) is 1.92. The fourth-order valence-electron chi connectivity index (χ4n) is 1.70. The molecule has 0 radical (unpaired) electrons. The van der Waals surface area contributed by atoms with Crippen LogP contribution in [-0.2, 0) is 11.2 Å². The zero-order valence-electron chi connectivity index (χ0n) is 9.59. The lowest BCUT2D eigenvalue weighted by Crippen LogP contribution is -2.35. The van der Waals surface area contributed by atoms with Crippen LogP contribution in [0, 0.1) is 0 Å². The highest BCUT2D eigenvalue weighted by atomic mass is 32.1. The van der Waals surface area contributed by atoms with Crippen LogP contribution >= 0.6 is 11.3 Å². The molecule has 6 nitrogen and oxygen atoms in total. The Hall–Kier alpha value is -1.89. The molecule has 96 valence electrons. The molecule has 0 fully saturated rings. The van der Waals surface area contributed by atoms with Crippen LogP contribution in [0.2, 0.25) is 0 Å². The number of carbonyl (C=O) groups is 2. The zero-order chi connectivity index (χ0) is 13.1. The first-order valence-corrected chi connectivity index (χ1v) is 6.23. The van der Waals surface area contributed by atoms with Gasteiger partial charge in [-0.3, -0.25) is 4.90 Å². The number of fused-ring (bicyclic) bond motifs is 1. The maximum Gasteiger partial charge on any atom is 0.415 e. The predicted molar refractivity (Wildman–Crippen MR) is 66.3 cm³/mol. The van der Waals surface area contributed by atoms with Gasteiger partial charge in [-0.15, -0.1) is 0 Å². The number of amides is 1. The molecule has 1 aromatic rings. The van der Waals surface area contributed by atoms with E-state index in [9.17, 15) is 9.59 Å². The normalized spacial score (nSPS) is 13.9. The van der Waals surface area contributed by atoms with Crippen molar-refractivity contribution in [2.24, 2.45) is 0 Å². The lowest BCUT2D eigenvalue weighted by Gasteiger charge is -2.24. The van der Waals surface area contributed by atoms with Crippen molar-refractivity contribution in [2.75, 3.05) is 18.1 Å². The third-order valence-electron chi connectivity index (χ3n) is 2.45. The van der Waals surface area contributed by atoms with E-state index in [0.29, 0.717) is 23.7 Å². The van der Waals surface area contributed by atoms with Crippen molar-refractivity contribution in [1.82, 2.24) is 4.98 Å². The fraction of sp³-hybridized carbons (Fsp3) is 0.364. The number of aromatic nitrogens is 1. The van der Waals surface area contributed by atoms with Crippen molar-refractivity contribution in [3.8, 4) is 0 Å². The van der Waals surface area contributed by atoms with E-state index in [1.165, 1.54) is 11.0 Å². The molecular weight excluding hydrogens is 256 g/mol. The highest BCUT2D eigenvalue weighted by Crippen LogP contribution is 2.33. The van der Waals surface area contributed by atoms with E-state index in [1.54, 1.807) is 0 Å². The molecule has 2 heterocycles. The number of carboxylic acid groups (broad SMARTS) is 1. The molecule has 1 aliphatic rings. The first-order chi connectivity index (χ1) is 8.63. The molecule has 0 saturated carbocycles.